The minimum absolute atomic E-state index is 0.00188. The van der Waals surface area contributed by atoms with Crippen molar-refractivity contribution in [3.8, 4) is 6.07 Å². The summed E-state index contributed by atoms with van der Waals surface area (Å²) in [5, 5.41) is 36.1. The van der Waals surface area contributed by atoms with Crippen LogP contribution in [0.25, 0.3) is 0 Å². The molecule has 0 radical (unpaired) electrons. The van der Waals surface area contributed by atoms with Gasteiger partial charge in [0.25, 0.3) is 0 Å². The Kier molecular flexibility index (Phi) is 9.27. The molecule has 1 aromatic rings. The lowest BCUT2D eigenvalue weighted by Crippen LogP contribution is -2.63. The van der Waals surface area contributed by atoms with Crippen LogP contribution in [0, 0.1) is 16.7 Å². The minimum atomic E-state index is -1.32. The number of nitrogens with zero attached hydrogens (tertiary/aromatic N) is 4. The molecule has 0 aliphatic carbocycles. The summed E-state index contributed by atoms with van der Waals surface area (Å²) in [7, 11) is 0. The molecule has 4 amide bonds. The number of nitrogens with one attached hydrogen (secondary N) is 2. The normalized spacial score (nSPS) is 31.8. The van der Waals surface area contributed by atoms with Crippen molar-refractivity contribution < 1.29 is 34.1 Å². The Hall–Kier alpha value is -3.57. The second kappa shape index (κ2) is 12.8. The molecule has 6 bridgehead atoms. The molecule has 0 saturated carbocycles. The zero-order chi connectivity index (χ0) is 31.8. The maximum Gasteiger partial charge on any atom is 0.244 e. The van der Waals surface area contributed by atoms with Gasteiger partial charge in [0.1, 0.15) is 24.4 Å². The number of piperazine rings is 1. The quantitative estimate of drug-likeness (QED) is 0.338. The molecule has 4 aliphatic heterocycles. The molecule has 13 nitrogen and oxygen atoms in total. The van der Waals surface area contributed by atoms with Crippen LogP contribution in [0.5, 0.6) is 0 Å². The molecule has 5 rings (SSSR count). The highest BCUT2D eigenvalue weighted by molar-refractivity contribution is 5.90. The Morgan fingerprint density at radius 2 is 1.75 bits per heavy atom. The van der Waals surface area contributed by atoms with Crippen LogP contribution in [0.15, 0.2) is 24.3 Å². The summed E-state index contributed by atoms with van der Waals surface area (Å²) in [6, 6.07) is 7.30. The van der Waals surface area contributed by atoms with Crippen molar-refractivity contribution in [1.82, 2.24) is 25.3 Å². The summed E-state index contributed by atoms with van der Waals surface area (Å²) >= 11 is 0. The van der Waals surface area contributed by atoms with Crippen molar-refractivity contribution in [1.29, 1.82) is 5.26 Å². The number of carbonyl (C=O) groups is 4. The smallest absolute Gasteiger partial charge is 0.244 e. The van der Waals surface area contributed by atoms with Gasteiger partial charge in [0, 0.05) is 45.2 Å². The van der Waals surface area contributed by atoms with Gasteiger partial charge in [-0.05, 0) is 29.5 Å². The molecule has 0 aromatic heterocycles. The Balaban J connectivity index is 1.43. The van der Waals surface area contributed by atoms with Gasteiger partial charge >= 0.3 is 0 Å². The van der Waals surface area contributed by atoms with Crippen LogP contribution in [0.4, 0.5) is 0 Å². The summed E-state index contributed by atoms with van der Waals surface area (Å²) < 4.78 is 5.81. The lowest BCUT2D eigenvalue weighted by Gasteiger charge is -2.42. The molecule has 0 unspecified atom stereocenters. The first kappa shape index (κ1) is 31.8. The van der Waals surface area contributed by atoms with E-state index < -0.39 is 42.4 Å². The molecule has 4 saturated heterocycles. The zero-order valence-corrected chi connectivity index (χ0v) is 25.4. The molecule has 1 aromatic carbocycles. The number of hydrogen-bond acceptors (Lipinski definition) is 9. The van der Waals surface area contributed by atoms with E-state index in [0.29, 0.717) is 25.1 Å². The SMILES string of the molecule is CC(C)(C)CC(=O)N1CCN2C[C@H]1C(=O)NC[C@H]1O[C@@H](CC(=O)N[C@H]3C[C@@H](C2=O)N(Cc2ccc(C#N)cc2)C3)[C@H](O)[C@@H]1O. The average Bonchev–Trinajstić information content (AvgIpc) is 3.49. The van der Waals surface area contributed by atoms with Gasteiger partial charge in [0.2, 0.25) is 23.6 Å². The summed E-state index contributed by atoms with van der Waals surface area (Å²) in [5.41, 5.74) is 1.12. The van der Waals surface area contributed by atoms with E-state index in [-0.39, 0.29) is 68.2 Å². The third-order valence-corrected chi connectivity index (χ3v) is 8.84. The number of aliphatic hydroxyl groups is 2. The number of benzene rings is 1. The lowest BCUT2D eigenvalue weighted by molar-refractivity contribution is -0.151. The van der Waals surface area contributed by atoms with Gasteiger partial charge in [-0.1, -0.05) is 32.9 Å². The Morgan fingerprint density at radius 1 is 1.05 bits per heavy atom. The molecule has 4 heterocycles. The largest absolute Gasteiger partial charge is 0.388 e. The van der Waals surface area contributed by atoms with Gasteiger partial charge in [-0.15, -0.1) is 0 Å². The predicted molar refractivity (Wildman–Crippen MR) is 156 cm³/mol. The minimum Gasteiger partial charge on any atom is -0.388 e. The average molecular weight is 611 g/mol. The molecule has 238 valence electrons. The molecular formula is C31H42N6O7. The molecule has 44 heavy (non-hydrogen) atoms. The first-order chi connectivity index (χ1) is 20.8. The Morgan fingerprint density at radius 3 is 2.43 bits per heavy atom. The molecule has 13 heteroatoms. The maximum absolute atomic E-state index is 14.1. The van der Waals surface area contributed by atoms with Crippen LogP contribution in [0.3, 0.4) is 0 Å². The zero-order valence-electron chi connectivity index (χ0n) is 25.4. The third kappa shape index (κ3) is 7.04. The standard InChI is InChI=1S/C31H42N6O7/c1-31(2,3)12-26(39)37-9-8-35-17-22(37)29(42)33-14-24-28(41)27(40)23(44-24)11-25(38)34-20-10-21(30(35)43)36(16-20)15-19-6-4-18(13-32)5-7-19/h4-7,20-24,27-28,40-41H,8-12,14-17H2,1-3H3,(H,33,42)(H,34,38)/t20-,21-,22-,23-,24+,27-,28+/m0/s1. The highest BCUT2D eigenvalue weighted by atomic mass is 16.5. The van der Waals surface area contributed by atoms with Crippen molar-refractivity contribution in [2.45, 2.75) is 89.1 Å². The van der Waals surface area contributed by atoms with Crippen molar-refractivity contribution in [3.63, 3.8) is 0 Å². The molecule has 0 spiro atoms. The topological polar surface area (TPSA) is 176 Å². The third-order valence-electron chi connectivity index (χ3n) is 8.84. The summed E-state index contributed by atoms with van der Waals surface area (Å²) in [6.45, 7) is 6.94. The Labute approximate surface area is 257 Å². The molecule has 7 atom stereocenters. The second-order valence-electron chi connectivity index (χ2n) is 13.5. The van der Waals surface area contributed by atoms with Crippen LogP contribution >= 0.6 is 0 Å². The highest BCUT2D eigenvalue weighted by Crippen LogP contribution is 2.28. The van der Waals surface area contributed by atoms with Gasteiger partial charge in [-0.2, -0.15) is 5.26 Å². The van der Waals surface area contributed by atoms with Crippen molar-refractivity contribution >= 4 is 23.6 Å². The fourth-order valence-corrected chi connectivity index (χ4v) is 6.58. The second-order valence-corrected chi connectivity index (χ2v) is 13.5. The number of aliphatic hydroxyl groups excluding tert-OH is 2. The fraction of sp³-hybridized carbons (Fsp3) is 0.645. The summed E-state index contributed by atoms with van der Waals surface area (Å²) in [5.74, 6) is -1.22. The number of fused-ring (bicyclic) bond motifs is 6. The number of ether oxygens (including phenoxy) is 1. The number of carbonyl (C=O) groups excluding carboxylic acids is 4. The number of amides is 4. The van der Waals surface area contributed by atoms with Crippen LogP contribution < -0.4 is 10.6 Å². The molecule has 4 N–H and O–H groups in total. The van der Waals surface area contributed by atoms with E-state index in [1.54, 1.807) is 17.0 Å². The summed E-state index contributed by atoms with van der Waals surface area (Å²) in [6.07, 6.45) is -4.19. The van der Waals surface area contributed by atoms with Crippen molar-refractivity contribution in [3.05, 3.63) is 35.4 Å². The lowest BCUT2D eigenvalue weighted by atomic mass is 9.91. The van der Waals surface area contributed by atoms with Gasteiger partial charge < -0.3 is 35.4 Å². The predicted octanol–water partition coefficient (Wildman–Crippen LogP) is -0.898. The van der Waals surface area contributed by atoms with E-state index in [9.17, 15) is 34.7 Å². The molecule has 4 aliphatic rings. The number of likely N-dealkylation sites (tertiary alicyclic amines) is 1. The van der Waals surface area contributed by atoms with Gasteiger partial charge in [-0.25, -0.2) is 0 Å². The van der Waals surface area contributed by atoms with E-state index in [0.717, 1.165) is 5.56 Å². The first-order valence-corrected chi connectivity index (χ1v) is 15.2. The molecule has 4 fully saturated rings. The van der Waals surface area contributed by atoms with E-state index in [2.05, 4.69) is 16.7 Å². The van der Waals surface area contributed by atoms with Crippen molar-refractivity contribution in [2.24, 2.45) is 5.41 Å². The number of hydrogen-bond donors (Lipinski definition) is 4. The Bertz CT molecular complexity index is 1310. The van der Waals surface area contributed by atoms with E-state index in [4.69, 9.17) is 4.74 Å². The fourth-order valence-electron chi connectivity index (χ4n) is 6.58. The van der Waals surface area contributed by atoms with Crippen LogP contribution in [-0.4, -0.2) is 124 Å². The van der Waals surface area contributed by atoms with Crippen LogP contribution in [0.1, 0.15) is 51.2 Å². The number of nitriles is 1. The van der Waals surface area contributed by atoms with Crippen molar-refractivity contribution in [2.75, 3.05) is 32.7 Å². The van der Waals surface area contributed by atoms with Gasteiger partial charge in [0.05, 0.1) is 36.7 Å². The van der Waals surface area contributed by atoms with E-state index in [1.807, 2.05) is 37.8 Å². The first-order valence-electron chi connectivity index (χ1n) is 15.2. The highest BCUT2D eigenvalue weighted by Gasteiger charge is 2.47. The maximum atomic E-state index is 14.1. The van der Waals surface area contributed by atoms with Crippen LogP contribution in [0.2, 0.25) is 0 Å². The van der Waals surface area contributed by atoms with E-state index >= 15 is 0 Å². The monoisotopic (exact) mass is 610 g/mol. The van der Waals surface area contributed by atoms with Gasteiger partial charge in [0.15, 0.2) is 0 Å². The van der Waals surface area contributed by atoms with E-state index in [1.165, 1.54) is 4.90 Å². The number of rotatable bonds is 3. The summed E-state index contributed by atoms with van der Waals surface area (Å²) in [4.78, 5) is 59.2. The van der Waals surface area contributed by atoms with Gasteiger partial charge in [-0.3, -0.25) is 24.1 Å². The molecular weight excluding hydrogens is 568 g/mol. The van der Waals surface area contributed by atoms with Crippen LogP contribution in [-0.2, 0) is 30.5 Å².